The number of rotatable bonds is 3. The van der Waals surface area contributed by atoms with E-state index in [4.69, 9.17) is 11.6 Å². The molecule has 0 saturated carbocycles. The van der Waals surface area contributed by atoms with Gasteiger partial charge in [0.1, 0.15) is 5.41 Å². The number of carbonyl (C=O) groups excluding carboxylic acids is 3. The summed E-state index contributed by atoms with van der Waals surface area (Å²) in [5.74, 6) is -1.76. The number of anilines is 1. The van der Waals surface area contributed by atoms with E-state index < -0.39 is 28.3 Å². The van der Waals surface area contributed by atoms with E-state index in [0.717, 1.165) is 5.56 Å². The molecular formula is C28H19ClN2O5. The lowest BCUT2D eigenvalue weighted by Crippen LogP contribution is -2.48. The van der Waals surface area contributed by atoms with Crippen LogP contribution in [0, 0.1) is 15.5 Å². The minimum absolute atomic E-state index is 0.116. The van der Waals surface area contributed by atoms with Crippen molar-refractivity contribution >= 4 is 46.4 Å². The Hall–Kier alpha value is -4.10. The van der Waals surface area contributed by atoms with Crippen LogP contribution in [0.25, 0.3) is 6.08 Å². The maximum Gasteiger partial charge on any atom is 0.269 e. The molecule has 1 saturated heterocycles. The first kappa shape index (κ1) is 22.4. The Kier molecular flexibility index (Phi) is 4.78. The Morgan fingerprint density at radius 3 is 2.22 bits per heavy atom. The molecule has 0 aromatic heterocycles. The van der Waals surface area contributed by atoms with Crippen LogP contribution in [0.4, 0.5) is 11.4 Å². The van der Waals surface area contributed by atoms with Gasteiger partial charge in [0, 0.05) is 39.9 Å². The molecule has 1 aliphatic carbocycles. The molecule has 2 heterocycles. The van der Waals surface area contributed by atoms with Gasteiger partial charge < -0.3 is 4.90 Å². The monoisotopic (exact) mass is 498 g/mol. The highest BCUT2D eigenvalue weighted by Crippen LogP contribution is 2.60. The van der Waals surface area contributed by atoms with E-state index in [2.05, 4.69) is 0 Å². The van der Waals surface area contributed by atoms with Crippen LogP contribution in [-0.4, -0.2) is 34.4 Å². The predicted molar refractivity (Wildman–Crippen MR) is 135 cm³/mol. The zero-order valence-electron chi connectivity index (χ0n) is 19.1. The molecule has 3 aromatic carbocycles. The van der Waals surface area contributed by atoms with Gasteiger partial charge in [0.25, 0.3) is 5.69 Å². The van der Waals surface area contributed by atoms with Crippen molar-refractivity contribution in [2.75, 3.05) is 4.90 Å². The van der Waals surface area contributed by atoms with Crippen LogP contribution in [-0.2, 0) is 4.79 Å². The number of carbonyl (C=O) groups is 3. The number of ketones is 3. The Bertz CT molecular complexity index is 1490. The van der Waals surface area contributed by atoms with Gasteiger partial charge >= 0.3 is 0 Å². The van der Waals surface area contributed by atoms with Gasteiger partial charge in [-0.2, -0.15) is 0 Å². The highest BCUT2D eigenvalue weighted by molar-refractivity contribution is 6.32. The molecule has 7 nitrogen and oxygen atoms in total. The Morgan fingerprint density at radius 1 is 1.00 bits per heavy atom. The average molecular weight is 499 g/mol. The van der Waals surface area contributed by atoms with E-state index in [1.54, 1.807) is 54.6 Å². The lowest BCUT2D eigenvalue weighted by molar-refractivity contribution is -0.384. The maximum atomic E-state index is 14.3. The van der Waals surface area contributed by atoms with Crippen molar-refractivity contribution in [2.24, 2.45) is 5.41 Å². The smallest absolute Gasteiger partial charge is 0.269 e. The van der Waals surface area contributed by atoms with Crippen LogP contribution < -0.4 is 4.90 Å². The molecule has 2 aliphatic heterocycles. The lowest BCUT2D eigenvalue weighted by Gasteiger charge is -2.37. The van der Waals surface area contributed by atoms with Gasteiger partial charge in [-0.3, -0.25) is 24.5 Å². The first-order chi connectivity index (χ1) is 17.3. The normalized spacial score (nSPS) is 22.9. The lowest BCUT2D eigenvalue weighted by atomic mass is 9.64. The summed E-state index contributed by atoms with van der Waals surface area (Å²) in [6, 6.07) is 16.2. The quantitative estimate of drug-likeness (QED) is 0.277. The molecule has 3 aromatic rings. The average Bonchev–Trinajstić information content (AvgIpc) is 3.30. The van der Waals surface area contributed by atoms with Crippen molar-refractivity contribution in [1.82, 2.24) is 0 Å². The van der Waals surface area contributed by atoms with Crippen molar-refractivity contribution in [3.05, 3.63) is 110 Å². The van der Waals surface area contributed by atoms with Crippen LogP contribution in [0.2, 0.25) is 5.02 Å². The Morgan fingerprint density at radius 2 is 1.64 bits per heavy atom. The van der Waals surface area contributed by atoms with E-state index in [9.17, 15) is 24.5 Å². The third-order valence-electron chi connectivity index (χ3n) is 7.65. The molecule has 8 heteroatoms. The summed E-state index contributed by atoms with van der Waals surface area (Å²) in [5.41, 5.74) is 0.933. The largest absolute Gasteiger partial charge is 0.352 e. The van der Waals surface area contributed by atoms with Crippen molar-refractivity contribution in [1.29, 1.82) is 0 Å². The number of halogens is 1. The second kappa shape index (κ2) is 7.70. The predicted octanol–water partition coefficient (Wildman–Crippen LogP) is 5.27. The molecule has 0 amide bonds. The summed E-state index contributed by atoms with van der Waals surface area (Å²) >= 11 is 6.23. The molecule has 1 fully saturated rings. The second-order valence-electron chi connectivity index (χ2n) is 9.37. The van der Waals surface area contributed by atoms with E-state index in [1.807, 2.05) is 17.1 Å². The van der Waals surface area contributed by atoms with Gasteiger partial charge in [-0.25, -0.2) is 0 Å². The van der Waals surface area contributed by atoms with E-state index in [-0.39, 0.29) is 23.0 Å². The van der Waals surface area contributed by atoms with Crippen molar-refractivity contribution in [3.8, 4) is 0 Å². The number of nitro groups is 1. The fourth-order valence-electron chi connectivity index (χ4n) is 6.28. The molecule has 0 unspecified atom stereocenters. The number of non-ortho nitro benzene ring substituents is 1. The fraction of sp³-hybridized carbons (Fsp3) is 0.179. The molecule has 1 spiro atoms. The van der Waals surface area contributed by atoms with Crippen LogP contribution in [0.1, 0.15) is 44.7 Å². The van der Waals surface area contributed by atoms with Crippen molar-refractivity contribution < 1.29 is 19.3 Å². The van der Waals surface area contributed by atoms with Crippen LogP contribution >= 0.6 is 11.6 Å². The third-order valence-corrected chi connectivity index (χ3v) is 7.88. The van der Waals surface area contributed by atoms with Crippen LogP contribution in [0.3, 0.4) is 0 Å². The van der Waals surface area contributed by atoms with E-state index in [0.29, 0.717) is 27.4 Å². The van der Waals surface area contributed by atoms with Gasteiger partial charge in [-0.05, 0) is 36.2 Å². The fourth-order valence-corrected chi connectivity index (χ4v) is 6.46. The molecule has 178 valence electrons. The summed E-state index contributed by atoms with van der Waals surface area (Å²) in [5, 5.41) is 11.8. The number of fused-ring (bicyclic) bond motifs is 5. The number of hydrogen-bond acceptors (Lipinski definition) is 6. The summed E-state index contributed by atoms with van der Waals surface area (Å²) in [4.78, 5) is 54.5. The zero-order chi connectivity index (χ0) is 25.4. The minimum atomic E-state index is -1.61. The van der Waals surface area contributed by atoms with Gasteiger partial charge in [-0.1, -0.05) is 60.2 Å². The topological polar surface area (TPSA) is 97.6 Å². The first-order valence-electron chi connectivity index (χ1n) is 11.5. The maximum absolute atomic E-state index is 14.3. The number of nitrogens with zero attached hydrogens (tertiary/aromatic N) is 2. The zero-order valence-corrected chi connectivity index (χ0v) is 19.8. The highest BCUT2D eigenvalue weighted by Gasteiger charge is 2.71. The van der Waals surface area contributed by atoms with Gasteiger partial charge in [0.2, 0.25) is 0 Å². The number of Topliss-reactive ketones (excluding diaryl/α,β-unsaturated/α-hetero) is 3. The number of hydrogen-bond donors (Lipinski definition) is 0. The molecule has 0 bridgehead atoms. The molecule has 36 heavy (non-hydrogen) atoms. The molecule has 0 N–H and O–H groups in total. The molecule has 3 aliphatic rings. The Balaban J connectivity index is 1.66. The molecule has 3 atom stereocenters. The van der Waals surface area contributed by atoms with Gasteiger partial charge in [0.05, 0.1) is 17.0 Å². The summed E-state index contributed by atoms with van der Waals surface area (Å²) in [6.07, 6.45) is 3.64. The van der Waals surface area contributed by atoms with Gasteiger partial charge in [0.15, 0.2) is 17.3 Å². The van der Waals surface area contributed by atoms with Crippen molar-refractivity contribution in [3.63, 3.8) is 0 Å². The van der Waals surface area contributed by atoms with E-state index >= 15 is 0 Å². The molecular weight excluding hydrogens is 480 g/mol. The first-order valence-corrected chi connectivity index (χ1v) is 11.8. The highest BCUT2D eigenvalue weighted by atomic mass is 35.5. The summed E-state index contributed by atoms with van der Waals surface area (Å²) < 4.78 is 0. The SMILES string of the molecule is CC(=O)[C@@H]1[C@@H](c2ccc([N+](=O)[O-])cc2)C2(C(=O)c3ccccc3C2=O)[C@H]2C=Cc3cc(Cl)ccc3N12. The van der Waals surface area contributed by atoms with Crippen molar-refractivity contribution in [2.45, 2.75) is 24.9 Å². The molecule has 6 rings (SSSR count). The molecule has 0 radical (unpaired) electrons. The number of benzene rings is 3. The minimum Gasteiger partial charge on any atom is -0.352 e. The Labute approximate surface area is 211 Å². The summed E-state index contributed by atoms with van der Waals surface area (Å²) in [7, 11) is 0. The second-order valence-corrected chi connectivity index (χ2v) is 9.81. The third kappa shape index (κ3) is 2.77. The van der Waals surface area contributed by atoms with Gasteiger partial charge in [-0.15, -0.1) is 0 Å². The summed E-state index contributed by atoms with van der Waals surface area (Å²) in [6.45, 7) is 1.45. The standard InChI is InChI=1S/C28H19ClN2O5/c1-15(32)25-24(16-6-10-19(11-7-16)31(35)36)28(26(33)20-4-2-3-5-21(20)27(28)34)23-13-8-17-14-18(29)9-12-22(17)30(23)25/h2-14,23-25H,1H3/t23-,24-,25-/m1/s1. The van der Waals surface area contributed by atoms with Crippen LogP contribution in [0.15, 0.2) is 72.8 Å². The number of nitro benzene ring substituents is 1. The van der Waals surface area contributed by atoms with Crippen LogP contribution in [0.5, 0.6) is 0 Å². The van der Waals surface area contributed by atoms with E-state index in [1.165, 1.54) is 19.1 Å².